The first-order valence-electron chi connectivity index (χ1n) is 6.46. The fraction of sp³-hybridized carbons (Fsp3) is 0.188. The molecule has 0 radical (unpaired) electrons. The lowest BCUT2D eigenvalue weighted by molar-refractivity contribution is -0.115. The molecule has 1 N–H and O–H groups in total. The molecule has 0 saturated heterocycles. The van der Waals surface area contributed by atoms with Gasteiger partial charge in [0.15, 0.2) is 0 Å². The molecule has 5 heteroatoms. The van der Waals surface area contributed by atoms with E-state index in [9.17, 15) is 4.79 Å². The number of rotatable bonds is 5. The van der Waals surface area contributed by atoms with Crippen LogP contribution in [0.15, 0.2) is 53.0 Å². The number of amides is 1. The van der Waals surface area contributed by atoms with Crippen molar-refractivity contribution in [1.82, 2.24) is 0 Å². The molecule has 1 unspecified atom stereocenters. The zero-order chi connectivity index (χ0) is 15.2. The zero-order valence-electron chi connectivity index (χ0n) is 11.5. The number of nitrogens with one attached hydrogen (secondary N) is 1. The van der Waals surface area contributed by atoms with Crippen molar-refractivity contribution in [2.24, 2.45) is 0 Å². The summed E-state index contributed by atoms with van der Waals surface area (Å²) in [5, 5.41) is 2.45. The maximum Gasteiger partial charge on any atom is 0.237 e. The number of thiol groups is 1. The van der Waals surface area contributed by atoms with Crippen molar-refractivity contribution in [1.29, 1.82) is 0 Å². The zero-order valence-corrected chi connectivity index (χ0v) is 14.0. The molecule has 0 aromatic heterocycles. The summed E-state index contributed by atoms with van der Waals surface area (Å²) in [4.78, 5) is 12.2. The second kappa shape index (κ2) is 7.52. The van der Waals surface area contributed by atoms with Crippen molar-refractivity contribution in [3.8, 4) is 5.75 Å². The fourth-order valence-electron chi connectivity index (χ4n) is 1.87. The highest BCUT2D eigenvalue weighted by molar-refractivity contribution is 9.10. The molecule has 0 saturated carbocycles. The summed E-state index contributed by atoms with van der Waals surface area (Å²) < 4.78 is 5.96. The molecule has 0 bridgehead atoms. The van der Waals surface area contributed by atoms with E-state index in [1.54, 1.807) is 13.2 Å². The predicted octanol–water partition coefficient (Wildman–Crippen LogP) is 3.94. The van der Waals surface area contributed by atoms with Gasteiger partial charge in [0.25, 0.3) is 0 Å². The van der Waals surface area contributed by atoms with Crippen LogP contribution in [0.3, 0.4) is 0 Å². The molecule has 1 atom stereocenters. The van der Waals surface area contributed by atoms with Crippen molar-refractivity contribution >= 4 is 40.2 Å². The van der Waals surface area contributed by atoms with Gasteiger partial charge in [-0.25, -0.2) is 0 Å². The molecule has 2 aromatic carbocycles. The molecular formula is C16H16BrNO2S. The van der Waals surface area contributed by atoms with Crippen LogP contribution < -0.4 is 10.1 Å². The van der Waals surface area contributed by atoms with Gasteiger partial charge in [-0.3, -0.25) is 4.79 Å². The van der Waals surface area contributed by atoms with Gasteiger partial charge in [0.2, 0.25) is 5.91 Å². The van der Waals surface area contributed by atoms with E-state index in [0.717, 1.165) is 10.0 Å². The molecule has 0 fully saturated rings. The largest absolute Gasteiger partial charge is 0.497 e. The van der Waals surface area contributed by atoms with Crippen LogP contribution in [0.2, 0.25) is 0 Å². The van der Waals surface area contributed by atoms with Crippen LogP contribution in [0.5, 0.6) is 5.75 Å². The number of benzene rings is 2. The minimum atomic E-state index is -0.412. The van der Waals surface area contributed by atoms with E-state index in [2.05, 4.69) is 33.9 Å². The predicted molar refractivity (Wildman–Crippen MR) is 92.2 cm³/mol. The Hall–Kier alpha value is -1.46. The molecule has 2 rings (SSSR count). The smallest absolute Gasteiger partial charge is 0.237 e. The normalized spacial score (nSPS) is 11.8. The minimum absolute atomic E-state index is 0.142. The molecule has 1 amide bonds. The number of hydrogen-bond acceptors (Lipinski definition) is 3. The topological polar surface area (TPSA) is 38.3 Å². The molecule has 0 aliphatic rings. The Morgan fingerprint density at radius 2 is 2.00 bits per heavy atom. The molecular weight excluding hydrogens is 350 g/mol. The maximum atomic E-state index is 12.2. The maximum absolute atomic E-state index is 12.2. The van der Waals surface area contributed by atoms with Crippen molar-refractivity contribution in [2.75, 3.05) is 12.4 Å². The van der Waals surface area contributed by atoms with Gasteiger partial charge in [-0.15, -0.1) is 0 Å². The Balaban J connectivity index is 2.04. The van der Waals surface area contributed by atoms with Crippen LogP contribution in [-0.4, -0.2) is 18.3 Å². The van der Waals surface area contributed by atoms with E-state index in [0.29, 0.717) is 17.9 Å². The second-order valence-electron chi connectivity index (χ2n) is 4.54. The van der Waals surface area contributed by atoms with Gasteiger partial charge in [0, 0.05) is 10.5 Å². The lowest BCUT2D eigenvalue weighted by atomic mass is 10.1. The molecule has 21 heavy (non-hydrogen) atoms. The van der Waals surface area contributed by atoms with E-state index in [-0.39, 0.29) is 5.91 Å². The van der Waals surface area contributed by atoms with E-state index in [1.807, 2.05) is 42.5 Å². The quantitative estimate of drug-likeness (QED) is 0.787. The number of halogens is 1. The Labute approximate surface area is 138 Å². The second-order valence-corrected chi connectivity index (χ2v) is 6.02. The van der Waals surface area contributed by atoms with Crippen LogP contribution in [0.1, 0.15) is 5.56 Å². The summed E-state index contributed by atoms with van der Waals surface area (Å²) >= 11 is 7.80. The molecule has 0 aliphatic carbocycles. The molecule has 3 nitrogen and oxygen atoms in total. The van der Waals surface area contributed by atoms with Crippen LogP contribution >= 0.6 is 28.6 Å². The summed E-state index contributed by atoms with van der Waals surface area (Å²) in [6.07, 6.45) is 0.581. The summed E-state index contributed by atoms with van der Waals surface area (Å²) in [6.45, 7) is 0. The summed E-state index contributed by atoms with van der Waals surface area (Å²) in [5.74, 6) is 0.545. The first-order valence-corrected chi connectivity index (χ1v) is 7.77. The highest BCUT2D eigenvalue weighted by Crippen LogP contribution is 2.27. The lowest BCUT2D eigenvalue weighted by Crippen LogP contribution is -2.25. The van der Waals surface area contributed by atoms with Crippen LogP contribution in [0.4, 0.5) is 5.69 Å². The summed E-state index contributed by atoms with van der Waals surface area (Å²) in [5.41, 5.74) is 1.75. The Kier molecular flexibility index (Phi) is 5.70. The van der Waals surface area contributed by atoms with Crippen molar-refractivity contribution in [2.45, 2.75) is 11.7 Å². The van der Waals surface area contributed by atoms with E-state index in [1.165, 1.54) is 0 Å². The van der Waals surface area contributed by atoms with Crippen LogP contribution in [-0.2, 0) is 11.2 Å². The number of anilines is 1. The monoisotopic (exact) mass is 365 g/mol. The highest BCUT2D eigenvalue weighted by Gasteiger charge is 2.16. The van der Waals surface area contributed by atoms with Gasteiger partial charge in [-0.1, -0.05) is 30.3 Å². The first-order chi connectivity index (χ1) is 10.1. The van der Waals surface area contributed by atoms with Crippen LogP contribution in [0, 0.1) is 0 Å². The Bertz CT molecular complexity index is 619. The average Bonchev–Trinajstić information content (AvgIpc) is 2.50. The number of carbonyl (C=O) groups excluding carboxylic acids is 1. The highest BCUT2D eigenvalue weighted by atomic mass is 79.9. The fourth-order valence-corrected chi connectivity index (χ4v) is 2.49. The van der Waals surface area contributed by atoms with Crippen molar-refractivity contribution in [3.63, 3.8) is 0 Å². The van der Waals surface area contributed by atoms with E-state index < -0.39 is 5.25 Å². The third kappa shape index (κ3) is 4.51. The Morgan fingerprint density at radius 1 is 1.29 bits per heavy atom. The summed E-state index contributed by atoms with van der Waals surface area (Å²) in [7, 11) is 1.59. The molecule has 2 aromatic rings. The third-order valence-corrected chi connectivity index (χ3v) is 4.11. The minimum Gasteiger partial charge on any atom is -0.497 e. The average molecular weight is 366 g/mol. The molecule has 0 spiro atoms. The van der Waals surface area contributed by atoms with Crippen LogP contribution in [0.25, 0.3) is 0 Å². The van der Waals surface area contributed by atoms with Gasteiger partial charge >= 0.3 is 0 Å². The summed E-state index contributed by atoms with van der Waals surface area (Å²) in [6, 6.07) is 15.2. The van der Waals surface area contributed by atoms with E-state index >= 15 is 0 Å². The number of hydrogen-bond donors (Lipinski definition) is 2. The molecule has 0 aliphatic heterocycles. The number of ether oxygens (including phenoxy) is 1. The van der Waals surface area contributed by atoms with E-state index in [4.69, 9.17) is 4.74 Å². The first kappa shape index (κ1) is 15.9. The van der Waals surface area contributed by atoms with Crippen molar-refractivity contribution in [3.05, 3.63) is 58.6 Å². The van der Waals surface area contributed by atoms with Gasteiger partial charge in [-0.2, -0.15) is 12.6 Å². The third-order valence-electron chi connectivity index (χ3n) is 3.01. The van der Waals surface area contributed by atoms with Gasteiger partial charge in [-0.05, 0) is 40.0 Å². The van der Waals surface area contributed by atoms with Gasteiger partial charge < -0.3 is 10.1 Å². The standard InChI is InChI=1S/C16H16BrNO2S/c1-20-12-7-8-13(17)14(10-12)18-16(19)15(21)9-11-5-3-2-4-6-11/h2-8,10,15,21H,9H2,1H3,(H,18,19). The lowest BCUT2D eigenvalue weighted by Gasteiger charge is -2.13. The molecule has 110 valence electrons. The Morgan fingerprint density at radius 3 is 2.67 bits per heavy atom. The number of methoxy groups -OCH3 is 1. The molecule has 0 heterocycles. The van der Waals surface area contributed by atoms with Crippen molar-refractivity contribution < 1.29 is 9.53 Å². The van der Waals surface area contributed by atoms with Gasteiger partial charge in [0.1, 0.15) is 5.75 Å². The number of carbonyl (C=O) groups is 1. The SMILES string of the molecule is COc1ccc(Br)c(NC(=O)C(S)Cc2ccccc2)c1. The van der Waals surface area contributed by atoms with Gasteiger partial charge in [0.05, 0.1) is 18.0 Å².